The summed E-state index contributed by atoms with van der Waals surface area (Å²) in [5.41, 5.74) is 0.891. The largest absolute Gasteiger partial charge is 0.467 e. The Labute approximate surface area is 164 Å². The minimum atomic E-state index is -1.02. The summed E-state index contributed by atoms with van der Waals surface area (Å²) in [5, 5.41) is 12.1. The van der Waals surface area contributed by atoms with E-state index in [9.17, 15) is 19.5 Å². The topological polar surface area (TPSA) is 105 Å². The summed E-state index contributed by atoms with van der Waals surface area (Å²) >= 11 is 0. The molecule has 1 saturated heterocycles. The summed E-state index contributed by atoms with van der Waals surface area (Å²) in [7, 11) is 2.74. The fourth-order valence-electron chi connectivity index (χ4n) is 3.70. The fourth-order valence-corrected chi connectivity index (χ4v) is 3.70. The Morgan fingerprint density at radius 1 is 1.25 bits per heavy atom. The van der Waals surface area contributed by atoms with Gasteiger partial charge >= 0.3 is 12.1 Å². The van der Waals surface area contributed by atoms with Crippen LogP contribution < -0.4 is 5.32 Å². The smallest absolute Gasteiger partial charge is 0.407 e. The fraction of sp³-hybridized carbons (Fsp3) is 0.550. The minimum Gasteiger partial charge on any atom is -0.467 e. The van der Waals surface area contributed by atoms with Crippen LogP contribution >= 0.6 is 0 Å². The molecule has 0 bridgehead atoms. The van der Waals surface area contributed by atoms with Gasteiger partial charge in [-0.05, 0) is 18.4 Å². The number of carbonyl (C=O) groups is 3. The zero-order valence-electron chi connectivity index (χ0n) is 16.5. The van der Waals surface area contributed by atoms with Crippen LogP contribution in [0.15, 0.2) is 30.3 Å². The molecule has 154 valence electrons. The van der Waals surface area contributed by atoms with Crippen molar-refractivity contribution in [3.63, 3.8) is 0 Å². The van der Waals surface area contributed by atoms with Gasteiger partial charge in [-0.2, -0.15) is 0 Å². The summed E-state index contributed by atoms with van der Waals surface area (Å²) in [6.45, 7) is 2.10. The summed E-state index contributed by atoms with van der Waals surface area (Å²) in [6.07, 6.45) is 0.0350. The van der Waals surface area contributed by atoms with Crippen molar-refractivity contribution in [3.05, 3.63) is 35.9 Å². The molecule has 8 nitrogen and oxygen atoms in total. The van der Waals surface area contributed by atoms with Gasteiger partial charge in [-0.15, -0.1) is 0 Å². The van der Waals surface area contributed by atoms with E-state index < -0.39 is 36.2 Å². The zero-order chi connectivity index (χ0) is 20.7. The van der Waals surface area contributed by atoms with Gasteiger partial charge in [0, 0.05) is 20.1 Å². The lowest BCUT2D eigenvalue weighted by Gasteiger charge is -2.32. The molecule has 1 unspecified atom stereocenters. The van der Waals surface area contributed by atoms with Gasteiger partial charge in [-0.25, -0.2) is 9.59 Å². The predicted octanol–water partition coefficient (Wildman–Crippen LogP) is 1.68. The maximum Gasteiger partial charge on any atom is 0.407 e. The number of hydrogen-bond donors (Lipinski definition) is 2. The molecule has 0 spiro atoms. The first-order chi connectivity index (χ1) is 13.4. The number of nitrogens with one attached hydrogen (secondary N) is 1. The second-order valence-electron chi connectivity index (χ2n) is 6.95. The summed E-state index contributed by atoms with van der Waals surface area (Å²) in [6, 6.07) is 8.09. The average Bonchev–Trinajstić information content (AvgIpc) is 3.18. The maximum atomic E-state index is 12.8. The quantitative estimate of drug-likeness (QED) is 0.652. The van der Waals surface area contributed by atoms with Crippen molar-refractivity contribution >= 4 is 18.0 Å². The number of benzene rings is 1. The van der Waals surface area contributed by atoms with Gasteiger partial charge in [0.2, 0.25) is 5.91 Å². The minimum absolute atomic E-state index is 0.300. The zero-order valence-corrected chi connectivity index (χ0v) is 16.5. The Balaban J connectivity index is 2.10. The first kappa shape index (κ1) is 21.7. The number of rotatable bonds is 8. The normalized spacial score (nSPS) is 19.5. The van der Waals surface area contributed by atoms with Crippen molar-refractivity contribution in [3.8, 4) is 0 Å². The Morgan fingerprint density at radius 2 is 1.93 bits per heavy atom. The van der Waals surface area contributed by atoms with E-state index in [1.165, 1.54) is 19.1 Å². The van der Waals surface area contributed by atoms with E-state index >= 15 is 0 Å². The number of hydrogen-bond acceptors (Lipinski definition) is 5. The molecule has 1 fully saturated rings. The van der Waals surface area contributed by atoms with E-state index in [-0.39, 0.29) is 5.91 Å². The van der Waals surface area contributed by atoms with E-state index in [1.807, 2.05) is 30.3 Å². The SMILES string of the molecule is COC(=O)[C@H](Cc1ccccc1)NC(=O)[C@H](C)C(OC)[C@@H]1CCCN1C(=O)O. The lowest BCUT2D eigenvalue weighted by atomic mass is 9.94. The van der Waals surface area contributed by atoms with E-state index in [0.29, 0.717) is 19.4 Å². The Bertz CT molecular complexity index is 681. The molecule has 1 aliphatic heterocycles. The van der Waals surface area contributed by atoms with Crippen molar-refractivity contribution in [2.45, 2.75) is 44.4 Å². The van der Waals surface area contributed by atoms with Crippen molar-refractivity contribution in [2.24, 2.45) is 5.92 Å². The Morgan fingerprint density at radius 3 is 2.50 bits per heavy atom. The second-order valence-corrected chi connectivity index (χ2v) is 6.95. The van der Waals surface area contributed by atoms with Gasteiger partial charge < -0.3 is 24.8 Å². The predicted molar refractivity (Wildman–Crippen MR) is 102 cm³/mol. The van der Waals surface area contributed by atoms with Gasteiger partial charge in [-0.1, -0.05) is 37.3 Å². The van der Waals surface area contributed by atoms with E-state index in [2.05, 4.69) is 5.32 Å². The lowest BCUT2D eigenvalue weighted by Crippen LogP contribution is -2.52. The lowest BCUT2D eigenvalue weighted by molar-refractivity contribution is -0.146. The van der Waals surface area contributed by atoms with Crippen LogP contribution in [0.3, 0.4) is 0 Å². The highest BCUT2D eigenvalue weighted by Crippen LogP contribution is 2.26. The van der Waals surface area contributed by atoms with Gasteiger partial charge in [0.1, 0.15) is 6.04 Å². The molecule has 0 aromatic heterocycles. The third-order valence-corrected chi connectivity index (χ3v) is 5.19. The monoisotopic (exact) mass is 392 g/mol. The molecule has 2 N–H and O–H groups in total. The van der Waals surface area contributed by atoms with Crippen LogP contribution in [0.4, 0.5) is 4.79 Å². The molecule has 1 aromatic carbocycles. The van der Waals surface area contributed by atoms with E-state index in [1.54, 1.807) is 6.92 Å². The highest BCUT2D eigenvalue weighted by Gasteiger charge is 2.40. The van der Waals surface area contributed by atoms with Crippen LogP contribution in [0.25, 0.3) is 0 Å². The van der Waals surface area contributed by atoms with Crippen molar-refractivity contribution in [2.75, 3.05) is 20.8 Å². The number of methoxy groups -OCH3 is 2. The molecular weight excluding hydrogens is 364 g/mol. The number of amides is 2. The van der Waals surface area contributed by atoms with Gasteiger partial charge in [-0.3, -0.25) is 4.79 Å². The summed E-state index contributed by atoms with van der Waals surface area (Å²) in [5.74, 6) is -1.56. The first-order valence-corrected chi connectivity index (χ1v) is 9.33. The molecule has 1 heterocycles. The molecule has 0 saturated carbocycles. The number of ether oxygens (including phenoxy) is 2. The van der Waals surface area contributed by atoms with Crippen LogP contribution in [0.5, 0.6) is 0 Å². The maximum absolute atomic E-state index is 12.8. The van der Waals surface area contributed by atoms with Gasteiger partial charge in [0.15, 0.2) is 0 Å². The Hall–Kier alpha value is -2.61. The molecule has 0 radical (unpaired) electrons. The summed E-state index contributed by atoms with van der Waals surface area (Å²) < 4.78 is 10.3. The average molecular weight is 392 g/mol. The van der Waals surface area contributed by atoms with Crippen molar-refractivity contribution in [1.29, 1.82) is 0 Å². The molecule has 0 aliphatic carbocycles. The Kier molecular flexibility index (Phi) is 7.80. The van der Waals surface area contributed by atoms with Gasteiger partial charge in [0.25, 0.3) is 0 Å². The van der Waals surface area contributed by atoms with Crippen LogP contribution in [0, 0.1) is 5.92 Å². The first-order valence-electron chi connectivity index (χ1n) is 9.33. The number of nitrogens with zero attached hydrogens (tertiary/aromatic N) is 1. The van der Waals surface area contributed by atoms with E-state index in [0.717, 1.165) is 12.0 Å². The van der Waals surface area contributed by atoms with Gasteiger partial charge in [0.05, 0.1) is 25.2 Å². The molecule has 2 rings (SSSR count). The highest BCUT2D eigenvalue weighted by molar-refractivity contribution is 5.86. The van der Waals surface area contributed by atoms with Crippen molar-refractivity contribution in [1.82, 2.24) is 10.2 Å². The molecular formula is C20H28N2O6. The van der Waals surface area contributed by atoms with Crippen LogP contribution in [0.2, 0.25) is 0 Å². The molecule has 2 amide bonds. The molecule has 8 heteroatoms. The van der Waals surface area contributed by atoms with Crippen molar-refractivity contribution < 1.29 is 29.0 Å². The molecule has 1 aliphatic rings. The summed E-state index contributed by atoms with van der Waals surface area (Å²) in [4.78, 5) is 37.8. The molecule has 4 atom stereocenters. The number of carboxylic acid groups (broad SMARTS) is 1. The number of carbonyl (C=O) groups excluding carboxylic acids is 2. The number of esters is 1. The number of likely N-dealkylation sites (tertiary alicyclic amines) is 1. The highest BCUT2D eigenvalue weighted by atomic mass is 16.5. The van der Waals surface area contributed by atoms with Crippen LogP contribution in [0.1, 0.15) is 25.3 Å². The molecule has 1 aromatic rings. The third kappa shape index (κ3) is 5.22. The standard InChI is InChI=1S/C20H28N2O6/c1-13(17(27-2)16-10-7-11-22(16)20(25)26)18(23)21-15(19(24)28-3)12-14-8-5-4-6-9-14/h4-6,8-9,13,15-17H,7,10-12H2,1-3H3,(H,21,23)(H,25,26)/t13-,15+,16+,17?/m1/s1. The van der Waals surface area contributed by atoms with E-state index in [4.69, 9.17) is 9.47 Å². The van der Waals surface area contributed by atoms with Crippen LogP contribution in [-0.4, -0.2) is 66.9 Å². The van der Waals surface area contributed by atoms with Crippen LogP contribution in [-0.2, 0) is 25.5 Å². The molecule has 28 heavy (non-hydrogen) atoms. The second kappa shape index (κ2) is 10.1. The third-order valence-electron chi connectivity index (χ3n) is 5.19.